The smallest absolute Gasteiger partial charge is 0.344 e. The maximum absolute atomic E-state index is 12.8. The van der Waals surface area contributed by atoms with Gasteiger partial charge >= 0.3 is 5.63 Å². The Hall–Kier alpha value is -3.72. The van der Waals surface area contributed by atoms with Gasteiger partial charge in [0.05, 0.1) is 23.5 Å². The fraction of sp³-hybridized carbons (Fsp3) is 0.143. The minimum atomic E-state index is -0.734. The van der Waals surface area contributed by atoms with E-state index in [2.05, 4.69) is 6.07 Å². The molecule has 0 aliphatic carbocycles. The Bertz CT molecular complexity index is 1170. The van der Waals surface area contributed by atoms with Crippen molar-refractivity contribution in [1.82, 2.24) is 0 Å². The van der Waals surface area contributed by atoms with Crippen LogP contribution in [-0.4, -0.2) is 6.61 Å². The standard InChI is InChI=1S/C21H16N2O4/c1-2-25-15-9-5-3-7-12(15)17-14(11-22)20(23)27-19-13-8-4-6-10-16(13)26-21(24)18(17)19/h3-10,17H,2,23H2,1H3. The number of nitrogens with two attached hydrogens (primary N) is 1. The van der Waals surface area contributed by atoms with Gasteiger partial charge < -0.3 is 19.6 Å². The van der Waals surface area contributed by atoms with Crippen LogP contribution in [0.5, 0.6) is 11.5 Å². The van der Waals surface area contributed by atoms with E-state index in [1.54, 1.807) is 24.3 Å². The van der Waals surface area contributed by atoms with Crippen LogP contribution in [0.1, 0.15) is 24.0 Å². The molecule has 27 heavy (non-hydrogen) atoms. The van der Waals surface area contributed by atoms with Gasteiger partial charge in [-0.25, -0.2) is 4.79 Å². The zero-order valence-corrected chi connectivity index (χ0v) is 14.6. The van der Waals surface area contributed by atoms with Crippen LogP contribution in [0.25, 0.3) is 11.0 Å². The number of allylic oxidation sites excluding steroid dienone is 1. The van der Waals surface area contributed by atoms with E-state index in [0.29, 0.717) is 34.6 Å². The molecular weight excluding hydrogens is 344 g/mol. The van der Waals surface area contributed by atoms with Crippen molar-refractivity contribution in [1.29, 1.82) is 5.26 Å². The van der Waals surface area contributed by atoms with Crippen LogP contribution in [0.3, 0.4) is 0 Å². The first kappa shape index (κ1) is 16.7. The number of benzene rings is 2. The molecule has 0 bridgehead atoms. The molecule has 1 aromatic heterocycles. The highest BCUT2D eigenvalue weighted by Gasteiger charge is 2.36. The first-order valence-electron chi connectivity index (χ1n) is 8.50. The highest BCUT2D eigenvalue weighted by atomic mass is 16.5. The predicted octanol–water partition coefficient (Wildman–Crippen LogP) is 3.41. The lowest BCUT2D eigenvalue weighted by atomic mass is 9.83. The lowest BCUT2D eigenvalue weighted by Crippen LogP contribution is -2.26. The predicted molar refractivity (Wildman–Crippen MR) is 99.4 cm³/mol. The molecule has 2 N–H and O–H groups in total. The van der Waals surface area contributed by atoms with E-state index in [-0.39, 0.29) is 17.0 Å². The normalized spacial score (nSPS) is 15.8. The number of rotatable bonds is 3. The van der Waals surface area contributed by atoms with E-state index < -0.39 is 11.5 Å². The Kier molecular flexibility index (Phi) is 4.05. The van der Waals surface area contributed by atoms with Crippen molar-refractivity contribution in [3.05, 3.63) is 81.5 Å². The van der Waals surface area contributed by atoms with Crippen molar-refractivity contribution >= 4 is 11.0 Å². The minimum absolute atomic E-state index is 0.0305. The van der Waals surface area contributed by atoms with Crippen LogP contribution in [0.4, 0.5) is 0 Å². The highest BCUT2D eigenvalue weighted by Crippen LogP contribution is 2.45. The molecule has 6 heteroatoms. The summed E-state index contributed by atoms with van der Waals surface area (Å²) < 4.78 is 16.9. The molecule has 2 heterocycles. The van der Waals surface area contributed by atoms with E-state index in [1.807, 2.05) is 31.2 Å². The molecule has 1 unspecified atom stereocenters. The second kappa shape index (κ2) is 6.54. The molecule has 0 spiro atoms. The van der Waals surface area contributed by atoms with Gasteiger partial charge in [0, 0.05) is 5.56 Å². The zero-order chi connectivity index (χ0) is 19.0. The average Bonchev–Trinajstić information content (AvgIpc) is 2.68. The van der Waals surface area contributed by atoms with Gasteiger partial charge in [-0.3, -0.25) is 0 Å². The molecule has 1 atom stereocenters. The summed E-state index contributed by atoms with van der Waals surface area (Å²) in [5, 5.41) is 10.3. The van der Waals surface area contributed by atoms with Gasteiger partial charge in [-0.1, -0.05) is 30.3 Å². The maximum Gasteiger partial charge on any atom is 0.344 e. The maximum atomic E-state index is 12.8. The summed E-state index contributed by atoms with van der Waals surface area (Å²) in [7, 11) is 0. The van der Waals surface area contributed by atoms with Gasteiger partial charge in [0.15, 0.2) is 5.75 Å². The number of fused-ring (bicyclic) bond motifs is 3. The van der Waals surface area contributed by atoms with Crippen molar-refractivity contribution < 1.29 is 13.9 Å². The molecular formula is C21H16N2O4. The van der Waals surface area contributed by atoms with Gasteiger partial charge in [-0.05, 0) is 25.1 Å². The van der Waals surface area contributed by atoms with E-state index >= 15 is 0 Å². The Morgan fingerprint density at radius 3 is 2.70 bits per heavy atom. The number of para-hydroxylation sites is 2. The van der Waals surface area contributed by atoms with Crippen LogP contribution in [0, 0.1) is 11.3 Å². The molecule has 0 saturated carbocycles. The molecule has 1 aliphatic rings. The van der Waals surface area contributed by atoms with Crippen LogP contribution < -0.4 is 20.8 Å². The fourth-order valence-corrected chi connectivity index (χ4v) is 3.38. The topological polar surface area (TPSA) is 98.5 Å². The third-order valence-electron chi connectivity index (χ3n) is 4.50. The Morgan fingerprint density at radius 2 is 1.93 bits per heavy atom. The van der Waals surface area contributed by atoms with Gasteiger partial charge in [0.2, 0.25) is 5.88 Å². The summed E-state index contributed by atoms with van der Waals surface area (Å²) in [6.45, 7) is 2.31. The van der Waals surface area contributed by atoms with Gasteiger partial charge in [0.25, 0.3) is 0 Å². The largest absolute Gasteiger partial charge is 0.494 e. The van der Waals surface area contributed by atoms with E-state index in [4.69, 9.17) is 19.6 Å². The number of nitriles is 1. The first-order chi connectivity index (χ1) is 13.2. The summed E-state index contributed by atoms with van der Waals surface area (Å²) in [6, 6.07) is 16.4. The monoisotopic (exact) mass is 360 g/mol. The molecule has 0 amide bonds. The van der Waals surface area contributed by atoms with E-state index in [9.17, 15) is 10.1 Å². The third-order valence-corrected chi connectivity index (χ3v) is 4.50. The molecule has 2 aromatic carbocycles. The number of hydrogen-bond acceptors (Lipinski definition) is 6. The van der Waals surface area contributed by atoms with E-state index in [0.717, 1.165) is 0 Å². The molecule has 1 aliphatic heterocycles. The third kappa shape index (κ3) is 2.61. The molecule has 6 nitrogen and oxygen atoms in total. The molecule has 4 rings (SSSR count). The van der Waals surface area contributed by atoms with Crippen molar-refractivity contribution in [2.45, 2.75) is 12.8 Å². The quantitative estimate of drug-likeness (QED) is 0.719. The Morgan fingerprint density at radius 1 is 1.19 bits per heavy atom. The van der Waals surface area contributed by atoms with Crippen molar-refractivity contribution in [3.8, 4) is 17.6 Å². The number of ether oxygens (including phenoxy) is 2. The van der Waals surface area contributed by atoms with Gasteiger partial charge in [-0.2, -0.15) is 5.26 Å². The summed E-state index contributed by atoms with van der Waals surface area (Å²) >= 11 is 0. The number of hydrogen-bond donors (Lipinski definition) is 1. The first-order valence-corrected chi connectivity index (χ1v) is 8.50. The number of nitrogens with zero attached hydrogens (tertiary/aromatic N) is 1. The van der Waals surface area contributed by atoms with Crippen LogP contribution in [0.2, 0.25) is 0 Å². The summed E-state index contributed by atoms with van der Waals surface area (Å²) in [5.41, 5.74) is 6.93. The highest BCUT2D eigenvalue weighted by molar-refractivity contribution is 5.86. The van der Waals surface area contributed by atoms with Crippen molar-refractivity contribution in [2.24, 2.45) is 5.73 Å². The van der Waals surface area contributed by atoms with Crippen molar-refractivity contribution in [3.63, 3.8) is 0 Å². The van der Waals surface area contributed by atoms with Crippen LogP contribution in [-0.2, 0) is 0 Å². The summed E-state index contributed by atoms with van der Waals surface area (Å²) in [5.74, 6) is 0.125. The second-order valence-electron chi connectivity index (χ2n) is 6.02. The Balaban J connectivity index is 2.07. The summed E-state index contributed by atoms with van der Waals surface area (Å²) in [6.07, 6.45) is 0. The fourth-order valence-electron chi connectivity index (χ4n) is 3.38. The van der Waals surface area contributed by atoms with Crippen LogP contribution in [0.15, 0.2) is 69.2 Å². The molecule has 134 valence electrons. The van der Waals surface area contributed by atoms with Crippen LogP contribution >= 0.6 is 0 Å². The minimum Gasteiger partial charge on any atom is -0.494 e. The Labute approximate surface area is 155 Å². The molecule has 0 saturated heterocycles. The molecule has 0 fully saturated rings. The molecule has 3 aromatic rings. The molecule has 0 radical (unpaired) electrons. The average molecular weight is 360 g/mol. The van der Waals surface area contributed by atoms with Gasteiger partial charge in [-0.15, -0.1) is 0 Å². The summed E-state index contributed by atoms with van der Waals surface area (Å²) in [4.78, 5) is 12.8. The zero-order valence-electron chi connectivity index (χ0n) is 14.6. The SMILES string of the molecule is CCOc1ccccc1C1C(C#N)=C(N)Oc2c1c(=O)oc1ccccc21. The van der Waals surface area contributed by atoms with Crippen molar-refractivity contribution in [2.75, 3.05) is 6.61 Å². The van der Waals surface area contributed by atoms with E-state index in [1.165, 1.54) is 0 Å². The lowest BCUT2D eigenvalue weighted by molar-refractivity contribution is 0.334. The lowest BCUT2D eigenvalue weighted by Gasteiger charge is -2.27. The van der Waals surface area contributed by atoms with Gasteiger partial charge in [0.1, 0.15) is 23.0 Å². The second-order valence-corrected chi connectivity index (χ2v) is 6.02.